The van der Waals surface area contributed by atoms with Crippen LogP contribution in [0, 0.1) is 5.92 Å². The maximum Gasteiger partial charge on any atom is 0.115 e. The number of hydrogen-bond donors (Lipinski definition) is 0. The molecule has 0 aliphatic heterocycles. The fourth-order valence-electron chi connectivity index (χ4n) is 6.54. The van der Waals surface area contributed by atoms with E-state index in [1.807, 2.05) is 97.1 Å². The minimum absolute atomic E-state index is 0.122. The molecule has 252 valence electrons. The van der Waals surface area contributed by atoms with Crippen molar-refractivity contribution in [1.82, 2.24) is 0 Å². The fraction of sp³-hybridized carbons (Fsp3) is 0.273. The van der Waals surface area contributed by atoms with E-state index < -0.39 is 18.3 Å². The molecular weight excluding hydrogens is 608 g/mol. The van der Waals surface area contributed by atoms with Gasteiger partial charge in [-0.25, -0.2) is 0 Å². The van der Waals surface area contributed by atoms with Crippen molar-refractivity contribution in [3.63, 3.8) is 0 Å². The van der Waals surface area contributed by atoms with Crippen LogP contribution in [-0.2, 0) is 56.7 Å². The summed E-state index contributed by atoms with van der Waals surface area (Å²) in [6, 6.07) is 51.3. The number of benzene rings is 5. The number of hydrogen-bond acceptors (Lipinski definition) is 5. The molecule has 1 saturated carbocycles. The minimum atomic E-state index is -0.504. The van der Waals surface area contributed by atoms with Crippen molar-refractivity contribution >= 4 is 0 Å². The molecule has 0 bridgehead atoms. The van der Waals surface area contributed by atoms with Gasteiger partial charge in [0.15, 0.2) is 0 Å². The van der Waals surface area contributed by atoms with Crippen LogP contribution < -0.4 is 0 Å². The highest BCUT2D eigenvalue weighted by atomic mass is 16.6. The lowest BCUT2D eigenvalue weighted by molar-refractivity contribution is -0.270. The monoisotopic (exact) mass is 654 g/mol. The predicted octanol–water partition coefficient (Wildman–Crippen LogP) is 9.12. The van der Waals surface area contributed by atoms with Crippen molar-refractivity contribution in [3.05, 3.63) is 192 Å². The molecule has 6 atom stereocenters. The van der Waals surface area contributed by atoms with Crippen molar-refractivity contribution in [3.8, 4) is 0 Å². The molecule has 5 heteroatoms. The first-order valence-corrected chi connectivity index (χ1v) is 17.2. The lowest BCUT2D eigenvalue weighted by Crippen LogP contribution is -2.64. The molecule has 0 radical (unpaired) electrons. The Bertz CT molecular complexity index is 1530. The van der Waals surface area contributed by atoms with Crippen molar-refractivity contribution in [2.45, 2.75) is 70.0 Å². The largest absolute Gasteiger partial charge is 0.370 e. The first kappa shape index (κ1) is 34.5. The first-order valence-electron chi connectivity index (χ1n) is 17.2. The maximum atomic E-state index is 6.93. The van der Waals surface area contributed by atoms with Gasteiger partial charge in [0, 0.05) is 5.92 Å². The van der Waals surface area contributed by atoms with Crippen molar-refractivity contribution < 1.29 is 23.7 Å². The molecule has 0 N–H and O–H groups in total. The smallest absolute Gasteiger partial charge is 0.115 e. The summed E-state index contributed by atoms with van der Waals surface area (Å²) in [6.45, 7) is 6.23. The maximum absolute atomic E-state index is 6.93. The van der Waals surface area contributed by atoms with Crippen LogP contribution in [0.4, 0.5) is 0 Å². The summed E-state index contributed by atoms with van der Waals surface area (Å²) in [4.78, 5) is 0. The Hall–Kier alpha value is -4.36. The molecule has 2 unspecified atom stereocenters. The molecule has 49 heavy (non-hydrogen) atoms. The van der Waals surface area contributed by atoms with Gasteiger partial charge in [-0.3, -0.25) is 0 Å². The normalized spacial score (nSPS) is 22.0. The standard InChI is InChI=1S/C44H46O5/c1-2-18-39-40(45-29-34-19-8-3-9-20-34)42(47-31-36-23-12-5-13-24-36)44(49-33-38-27-16-7-17-28-38)43(48-32-37-25-14-6-15-26-37)41(39)46-30-35-21-10-4-11-22-35/h2-17,19-28,39-44H,1,18,29-33H2/t39?,40-,41+,42-,43-,44?/m0/s1. The highest BCUT2D eigenvalue weighted by molar-refractivity contribution is 5.18. The van der Waals surface area contributed by atoms with E-state index in [-0.39, 0.29) is 18.1 Å². The highest BCUT2D eigenvalue weighted by Gasteiger charge is 2.53. The quantitative estimate of drug-likeness (QED) is 0.0937. The van der Waals surface area contributed by atoms with Crippen LogP contribution in [0.5, 0.6) is 0 Å². The van der Waals surface area contributed by atoms with E-state index in [1.54, 1.807) is 0 Å². The predicted molar refractivity (Wildman–Crippen MR) is 193 cm³/mol. The summed E-state index contributed by atoms with van der Waals surface area (Å²) in [7, 11) is 0. The van der Waals surface area contributed by atoms with Crippen LogP contribution in [0.1, 0.15) is 34.2 Å². The SMILES string of the molecule is C=CCC1[C@@H](OCc2ccccc2)[C@H](OCc2ccccc2)C(OCc2ccccc2)[C@@H](OCc2ccccc2)[C@H]1OCc1ccccc1. The summed E-state index contributed by atoms with van der Waals surface area (Å²) >= 11 is 0. The summed E-state index contributed by atoms with van der Waals surface area (Å²) in [5, 5.41) is 0. The van der Waals surface area contributed by atoms with Gasteiger partial charge < -0.3 is 23.7 Å². The molecule has 5 aromatic rings. The van der Waals surface area contributed by atoms with E-state index in [9.17, 15) is 0 Å². The average Bonchev–Trinajstić information content (AvgIpc) is 3.17. The number of rotatable bonds is 17. The zero-order valence-corrected chi connectivity index (χ0v) is 28.0. The molecule has 6 rings (SSSR count). The molecule has 0 heterocycles. The van der Waals surface area contributed by atoms with Crippen LogP contribution in [0.2, 0.25) is 0 Å². The molecule has 1 aliphatic rings. The van der Waals surface area contributed by atoms with E-state index in [0.717, 1.165) is 27.8 Å². The van der Waals surface area contributed by atoms with Gasteiger partial charge in [-0.05, 0) is 34.2 Å². The topological polar surface area (TPSA) is 46.2 Å². The van der Waals surface area contributed by atoms with Gasteiger partial charge >= 0.3 is 0 Å². The number of allylic oxidation sites excluding steroid dienone is 1. The van der Waals surface area contributed by atoms with Gasteiger partial charge in [0.05, 0.1) is 45.2 Å². The van der Waals surface area contributed by atoms with Gasteiger partial charge in [-0.2, -0.15) is 0 Å². The summed E-state index contributed by atoms with van der Waals surface area (Å²) in [6.07, 6.45) is 0.428. The molecule has 5 aromatic carbocycles. The van der Waals surface area contributed by atoms with Crippen molar-refractivity contribution in [1.29, 1.82) is 0 Å². The molecule has 0 spiro atoms. The second kappa shape index (κ2) is 18.4. The summed E-state index contributed by atoms with van der Waals surface area (Å²) < 4.78 is 34.6. The van der Waals surface area contributed by atoms with Gasteiger partial charge in [0.25, 0.3) is 0 Å². The van der Waals surface area contributed by atoms with E-state index in [2.05, 4.69) is 67.2 Å². The number of ether oxygens (including phenoxy) is 5. The minimum Gasteiger partial charge on any atom is -0.370 e. The Morgan fingerprint density at radius 3 is 0.816 bits per heavy atom. The van der Waals surface area contributed by atoms with Crippen LogP contribution in [0.3, 0.4) is 0 Å². The second-order valence-corrected chi connectivity index (χ2v) is 12.5. The second-order valence-electron chi connectivity index (χ2n) is 12.5. The molecule has 5 nitrogen and oxygen atoms in total. The Morgan fingerprint density at radius 1 is 0.347 bits per heavy atom. The fourth-order valence-corrected chi connectivity index (χ4v) is 6.54. The molecule has 0 aromatic heterocycles. The van der Waals surface area contributed by atoms with Gasteiger partial charge in [-0.1, -0.05) is 158 Å². The average molecular weight is 655 g/mol. The van der Waals surface area contributed by atoms with E-state index in [0.29, 0.717) is 39.5 Å². The van der Waals surface area contributed by atoms with Gasteiger partial charge in [-0.15, -0.1) is 6.58 Å². The summed E-state index contributed by atoms with van der Waals surface area (Å²) in [5.74, 6) is -0.122. The zero-order chi connectivity index (χ0) is 33.5. The highest BCUT2D eigenvalue weighted by Crippen LogP contribution is 2.39. The van der Waals surface area contributed by atoms with E-state index in [4.69, 9.17) is 23.7 Å². The van der Waals surface area contributed by atoms with Crippen molar-refractivity contribution in [2.75, 3.05) is 0 Å². The van der Waals surface area contributed by atoms with Gasteiger partial charge in [0.2, 0.25) is 0 Å². The Labute approximate surface area is 291 Å². The van der Waals surface area contributed by atoms with Crippen LogP contribution in [-0.4, -0.2) is 30.5 Å². The van der Waals surface area contributed by atoms with E-state index in [1.165, 1.54) is 0 Å². The third-order valence-electron chi connectivity index (χ3n) is 9.00. The van der Waals surface area contributed by atoms with E-state index >= 15 is 0 Å². The lowest BCUT2D eigenvalue weighted by atomic mass is 9.76. The Morgan fingerprint density at radius 2 is 0.571 bits per heavy atom. The van der Waals surface area contributed by atoms with Crippen LogP contribution in [0.15, 0.2) is 164 Å². The third kappa shape index (κ3) is 9.85. The third-order valence-corrected chi connectivity index (χ3v) is 9.00. The van der Waals surface area contributed by atoms with Crippen LogP contribution >= 0.6 is 0 Å². The lowest BCUT2D eigenvalue weighted by Gasteiger charge is -2.50. The molecule has 1 aliphatic carbocycles. The first-order chi connectivity index (χ1) is 24.3. The van der Waals surface area contributed by atoms with Gasteiger partial charge in [0.1, 0.15) is 18.3 Å². The Kier molecular flexibility index (Phi) is 13.0. The molecule has 0 amide bonds. The summed E-state index contributed by atoms with van der Waals surface area (Å²) in [5.41, 5.74) is 5.41. The van der Waals surface area contributed by atoms with Crippen molar-refractivity contribution in [2.24, 2.45) is 5.92 Å². The molecule has 0 saturated heterocycles. The molecule has 1 fully saturated rings. The van der Waals surface area contributed by atoms with Crippen LogP contribution in [0.25, 0.3) is 0 Å². The Balaban J connectivity index is 1.39. The molecular formula is C44H46O5. The zero-order valence-electron chi connectivity index (χ0n) is 28.0.